The number of carbonyl (C=O) groups is 3. The second-order valence-electron chi connectivity index (χ2n) is 8.33. The SMILES string of the molecule is COc1ccccc1N1C(=O)C(Cl)=C(Nc2cccc(C(=O)Nc3nc(-c4cccc(N([O-])O)c4)cs3)c2)C1=O. The van der Waals surface area contributed by atoms with E-state index in [9.17, 15) is 19.6 Å². The highest BCUT2D eigenvalue weighted by Gasteiger charge is 2.40. The second kappa shape index (κ2) is 11.2. The van der Waals surface area contributed by atoms with Crippen LogP contribution in [0.3, 0.4) is 0 Å². The van der Waals surface area contributed by atoms with Crippen molar-refractivity contribution in [1.82, 2.24) is 4.98 Å². The highest BCUT2D eigenvalue weighted by Crippen LogP contribution is 2.35. The van der Waals surface area contributed by atoms with Crippen molar-refractivity contribution in [3.05, 3.63) is 99.7 Å². The number of halogens is 1. The molecule has 11 nitrogen and oxygen atoms in total. The van der Waals surface area contributed by atoms with E-state index in [0.29, 0.717) is 27.8 Å². The van der Waals surface area contributed by atoms with Crippen LogP contribution in [-0.4, -0.2) is 35.0 Å². The fraction of sp³-hybridized carbons (Fsp3) is 0.0370. The molecule has 0 atom stereocenters. The molecule has 202 valence electrons. The summed E-state index contributed by atoms with van der Waals surface area (Å²) in [4.78, 5) is 44.2. The molecule has 5 rings (SSSR count). The number of imide groups is 1. The lowest BCUT2D eigenvalue weighted by Crippen LogP contribution is -2.32. The quantitative estimate of drug-likeness (QED) is 0.190. The van der Waals surface area contributed by atoms with Crippen LogP contribution < -0.4 is 25.5 Å². The van der Waals surface area contributed by atoms with Gasteiger partial charge in [-0.3, -0.25) is 24.9 Å². The molecule has 13 heteroatoms. The van der Waals surface area contributed by atoms with Crippen molar-refractivity contribution in [3.63, 3.8) is 0 Å². The van der Waals surface area contributed by atoms with Gasteiger partial charge in [-0.2, -0.15) is 0 Å². The van der Waals surface area contributed by atoms with Crippen molar-refractivity contribution >= 4 is 62.9 Å². The molecule has 0 unspecified atom stereocenters. The van der Waals surface area contributed by atoms with Crippen LogP contribution in [0.5, 0.6) is 5.75 Å². The number of para-hydroxylation sites is 2. The summed E-state index contributed by atoms with van der Waals surface area (Å²) in [6.07, 6.45) is 0. The summed E-state index contributed by atoms with van der Waals surface area (Å²) in [7, 11) is 1.43. The first-order valence-electron chi connectivity index (χ1n) is 11.6. The average Bonchev–Trinajstić information content (AvgIpc) is 3.51. The summed E-state index contributed by atoms with van der Waals surface area (Å²) in [6, 6.07) is 19.1. The van der Waals surface area contributed by atoms with Gasteiger partial charge in [0.1, 0.15) is 16.5 Å². The molecule has 1 aliphatic heterocycles. The Balaban J connectivity index is 1.31. The highest BCUT2D eigenvalue weighted by molar-refractivity contribution is 7.14. The Morgan fingerprint density at radius 3 is 2.62 bits per heavy atom. The van der Waals surface area contributed by atoms with Gasteiger partial charge in [-0.1, -0.05) is 41.9 Å². The summed E-state index contributed by atoms with van der Waals surface area (Å²) >= 11 is 7.43. The Labute approximate surface area is 236 Å². The number of anilines is 4. The van der Waals surface area contributed by atoms with Crippen molar-refractivity contribution in [1.29, 1.82) is 0 Å². The van der Waals surface area contributed by atoms with E-state index in [-0.39, 0.29) is 32.9 Å². The maximum absolute atomic E-state index is 13.2. The number of benzene rings is 3. The minimum absolute atomic E-state index is 0.0455. The molecule has 4 aromatic rings. The predicted molar refractivity (Wildman–Crippen MR) is 152 cm³/mol. The summed E-state index contributed by atoms with van der Waals surface area (Å²) in [5.41, 5.74) is 1.85. The van der Waals surface area contributed by atoms with Gasteiger partial charge < -0.3 is 20.5 Å². The zero-order chi connectivity index (χ0) is 28.4. The molecule has 3 amide bonds. The molecule has 2 heterocycles. The van der Waals surface area contributed by atoms with Crippen molar-refractivity contribution in [2.45, 2.75) is 0 Å². The van der Waals surface area contributed by atoms with Gasteiger partial charge in [0.2, 0.25) is 0 Å². The molecular formula is C27H19ClN5O6S-. The molecule has 0 saturated carbocycles. The highest BCUT2D eigenvalue weighted by atomic mass is 35.5. The van der Waals surface area contributed by atoms with Crippen LogP contribution in [0.4, 0.5) is 22.2 Å². The van der Waals surface area contributed by atoms with Crippen molar-refractivity contribution in [2.24, 2.45) is 0 Å². The van der Waals surface area contributed by atoms with Gasteiger partial charge >= 0.3 is 0 Å². The zero-order valence-electron chi connectivity index (χ0n) is 20.6. The normalized spacial score (nSPS) is 13.1. The standard InChI is InChI=1S/C27H19ClN5O6S/c1-39-21-11-3-2-10-20(21)32-25(35)22(28)23(26(32)36)29-17-8-4-7-16(12-17)24(34)31-27-30-19(14-40-27)15-6-5-9-18(13-15)33(37)38/h2-14,29,37H,1H3,(H,30,31,34)/q-1. The Bertz CT molecular complexity index is 1670. The van der Waals surface area contributed by atoms with E-state index < -0.39 is 17.7 Å². The molecule has 0 fully saturated rings. The van der Waals surface area contributed by atoms with Crippen LogP contribution >= 0.6 is 22.9 Å². The number of rotatable bonds is 8. The second-order valence-corrected chi connectivity index (χ2v) is 9.56. The lowest BCUT2D eigenvalue weighted by Gasteiger charge is -2.21. The fourth-order valence-corrected chi connectivity index (χ4v) is 4.87. The number of aromatic nitrogens is 1. The van der Waals surface area contributed by atoms with Gasteiger partial charge in [0.05, 0.1) is 24.2 Å². The van der Waals surface area contributed by atoms with Gasteiger partial charge in [0, 0.05) is 22.2 Å². The molecule has 3 aromatic carbocycles. The first-order chi connectivity index (χ1) is 19.3. The number of thiazole rings is 1. The molecule has 0 radical (unpaired) electrons. The van der Waals surface area contributed by atoms with Crippen molar-refractivity contribution < 1.29 is 24.3 Å². The number of methoxy groups -OCH3 is 1. The molecule has 0 aliphatic carbocycles. The molecule has 0 bridgehead atoms. The van der Waals surface area contributed by atoms with Gasteiger partial charge in [-0.25, -0.2) is 9.88 Å². The Morgan fingerprint density at radius 2 is 1.85 bits per heavy atom. The summed E-state index contributed by atoms with van der Waals surface area (Å²) < 4.78 is 5.27. The summed E-state index contributed by atoms with van der Waals surface area (Å²) in [6.45, 7) is 0. The number of nitrogens with one attached hydrogen (secondary N) is 2. The third-order valence-electron chi connectivity index (χ3n) is 5.83. The Morgan fingerprint density at radius 1 is 1.07 bits per heavy atom. The summed E-state index contributed by atoms with van der Waals surface area (Å²) in [5, 5.41) is 27.3. The number of hydrogen-bond donors (Lipinski definition) is 3. The first-order valence-corrected chi connectivity index (χ1v) is 12.8. The molecule has 40 heavy (non-hydrogen) atoms. The molecule has 0 saturated heterocycles. The zero-order valence-corrected chi connectivity index (χ0v) is 22.2. The van der Waals surface area contributed by atoms with Gasteiger partial charge in [0.25, 0.3) is 17.7 Å². The Kier molecular flexibility index (Phi) is 7.49. The number of hydrogen-bond acceptors (Lipinski definition) is 10. The molecule has 0 spiro atoms. The number of carbonyl (C=O) groups excluding carboxylic acids is 3. The minimum atomic E-state index is -0.709. The van der Waals surface area contributed by atoms with E-state index in [2.05, 4.69) is 15.6 Å². The molecule has 3 N–H and O–H groups in total. The monoisotopic (exact) mass is 576 g/mol. The van der Waals surface area contributed by atoms with Crippen LogP contribution in [0.2, 0.25) is 0 Å². The van der Waals surface area contributed by atoms with Crippen molar-refractivity contribution in [2.75, 3.05) is 27.9 Å². The van der Waals surface area contributed by atoms with E-state index in [1.54, 1.807) is 60.0 Å². The lowest BCUT2D eigenvalue weighted by atomic mass is 10.1. The van der Waals surface area contributed by atoms with Crippen molar-refractivity contribution in [3.8, 4) is 17.0 Å². The third-order valence-corrected chi connectivity index (χ3v) is 6.94. The summed E-state index contributed by atoms with van der Waals surface area (Å²) in [5.74, 6) is -1.52. The molecule has 1 aliphatic rings. The van der Waals surface area contributed by atoms with E-state index >= 15 is 0 Å². The minimum Gasteiger partial charge on any atom is -0.733 e. The smallest absolute Gasteiger partial charge is 0.283 e. The number of amides is 3. The largest absolute Gasteiger partial charge is 0.733 e. The van der Waals surface area contributed by atoms with Gasteiger partial charge in [-0.15, -0.1) is 11.3 Å². The van der Waals surface area contributed by atoms with E-state index in [1.807, 2.05) is 0 Å². The van der Waals surface area contributed by atoms with Crippen LogP contribution in [0.15, 0.2) is 88.9 Å². The van der Waals surface area contributed by atoms with Crippen LogP contribution in [0.25, 0.3) is 11.3 Å². The van der Waals surface area contributed by atoms with Crippen LogP contribution in [0, 0.1) is 5.21 Å². The molecule has 1 aromatic heterocycles. The topological polar surface area (TPSA) is 147 Å². The first kappa shape index (κ1) is 26.8. The average molecular weight is 577 g/mol. The molecular weight excluding hydrogens is 558 g/mol. The fourth-order valence-electron chi connectivity index (χ4n) is 3.94. The van der Waals surface area contributed by atoms with E-state index in [1.165, 1.54) is 36.6 Å². The third kappa shape index (κ3) is 5.24. The van der Waals surface area contributed by atoms with Crippen LogP contribution in [-0.2, 0) is 9.59 Å². The van der Waals surface area contributed by atoms with E-state index in [0.717, 1.165) is 4.90 Å². The number of ether oxygens (including phenoxy) is 1. The maximum atomic E-state index is 13.2. The Hall–Kier alpha value is -4.75. The number of nitrogens with zero attached hydrogens (tertiary/aromatic N) is 3. The van der Waals surface area contributed by atoms with E-state index in [4.69, 9.17) is 21.5 Å². The van der Waals surface area contributed by atoms with Gasteiger partial charge in [0.15, 0.2) is 5.13 Å². The van der Waals surface area contributed by atoms with Crippen LogP contribution in [0.1, 0.15) is 10.4 Å². The lowest BCUT2D eigenvalue weighted by molar-refractivity contribution is -0.120. The maximum Gasteiger partial charge on any atom is 0.283 e. The van der Waals surface area contributed by atoms with Gasteiger partial charge in [-0.05, 0) is 42.5 Å². The predicted octanol–water partition coefficient (Wildman–Crippen LogP) is 5.20.